The van der Waals surface area contributed by atoms with Gasteiger partial charge in [0.2, 0.25) is 0 Å². The fraction of sp³-hybridized carbons (Fsp3) is 0.235. The van der Waals surface area contributed by atoms with E-state index in [1.807, 2.05) is 0 Å². The van der Waals surface area contributed by atoms with Crippen molar-refractivity contribution in [2.75, 3.05) is 26.6 Å². The van der Waals surface area contributed by atoms with Crippen LogP contribution in [0, 0.1) is 6.92 Å². The van der Waals surface area contributed by atoms with Gasteiger partial charge in [0, 0.05) is 0 Å². The van der Waals surface area contributed by atoms with Crippen molar-refractivity contribution in [1.82, 2.24) is 0 Å². The number of rotatable bonds is 6. The molecule has 0 saturated heterocycles. The molecule has 3 N–H and O–H groups in total. The molecule has 0 fully saturated rings. The molecule has 2 amide bonds. The lowest BCUT2D eigenvalue weighted by Crippen LogP contribution is -2.18. The van der Waals surface area contributed by atoms with E-state index in [2.05, 4.69) is 5.32 Å². The lowest BCUT2D eigenvalue weighted by atomic mass is 10.1. The first-order valence-electron chi connectivity index (χ1n) is 7.39. The Morgan fingerprint density at radius 2 is 1.81 bits per heavy atom. The molecule has 1 aromatic heterocycles. The third-order valence-corrected chi connectivity index (χ3v) is 4.83. The fourth-order valence-electron chi connectivity index (χ4n) is 2.42. The fourth-order valence-corrected chi connectivity index (χ4v) is 3.55. The molecule has 0 radical (unpaired) electrons. The molecule has 0 spiro atoms. The number of thiophene rings is 1. The van der Waals surface area contributed by atoms with Gasteiger partial charge < -0.3 is 25.3 Å². The van der Waals surface area contributed by atoms with E-state index in [9.17, 15) is 14.4 Å². The number of ether oxygens (including phenoxy) is 3. The van der Waals surface area contributed by atoms with Crippen LogP contribution in [-0.2, 0) is 4.74 Å². The van der Waals surface area contributed by atoms with Crippen molar-refractivity contribution < 1.29 is 28.6 Å². The highest BCUT2D eigenvalue weighted by Crippen LogP contribution is 2.35. The first kappa shape index (κ1) is 19.3. The van der Waals surface area contributed by atoms with Crippen molar-refractivity contribution in [3.05, 3.63) is 39.8 Å². The summed E-state index contributed by atoms with van der Waals surface area (Å²) in [6.07, 6.45) is 0. The number of amides is 2. The van der Waals surface area contributed by atoms with Crippen LogP contribution < -0.4 is 20.5 Å². The van der Waals surface area contributed by atoms with E-state index >= 15 is 0 Å². The van der Waals surface area contributed by atoms with Crippen LogP contribution in [0.5, 0.6) is 11.5 Å². The van der Waals surface area contributed by atoms with Crippen molar-refractivity contribution in [2.24, 2.45) is 5.73 Å². The van der Waals surface area contributed by atoms with E-state index in [1.54, 1.807) is 25.1 Å². The highest BCUT2D eigenvalue weighted by atomic mass is 32.1. The average Bonchev–Trinajstić information content (AvgIpc) is 2.96. The highest BCUT2D eigenvalue weighted by molar-refractivity contribution is 7.18. The minimum absolute atomic E-state index is 0.0608. The zero-order valence-electron chi connectivity index (χ0n) is 14.7. The number of para-hydroxylation sites is 1. The molecule has 0 aliphatic heterocycles. The summed E-state index contributed by atoms with van der Waals surface area (Å²) in [6.45, 7) is 1.56. The lowest BCUT2D eigenvalue weighted by molar-refractivity contribution is 0.0605. The van der Waals surface area contributed by atoms with Gasteiger partial charge in [-0.15, -0.1) is 11.3 Å². The minimum Gasteiger partial charge on any atom is -0.493 e. The van der Waals surface area contributed by atoms with Gasteiger partial charge in [0.05, 0.1) is 32.5 Å². The molecule has 0 unspecified atom stereocenters. The second-order valence-corrected chi connectivity index (χ2v) is 6.13. The van der Waals surface area contributed by atoms with Gasteiger partial charge in [-0.2, -0.15) is 0 Å². The summed E-state index contributed by atoms with van der Waals surface area (Å²) in [6, 6.07) is 4.82. The van der Waals surface area contributed by atoms with Gasteiger partial charge >= 0.3 is 5.97 Å². The SMILES string of the molecule is COC(=O)c1sc(NC(=O)c2cccc(OC)c2OC)c(C(N)=O)c1C. The Kier molecular flexibility index (Phi) is 5.83. The summed E-state index contributed by atoms with van der Waals surface area (Å²) in [4.78, 5) is 36.5. The van der Waals surface area contributed by atoms with Crippen molar-refractivity contribution in [3.8, 4) is 11.5 Å². The van der Waals surface area contributed by atoms with E-state index in [-0.39, 0.29) is 26.8 Å². The van der Waals surface area contributed by atoms with Crippen LogP contribution >= 0.6 is 11.3 Å². The van der Waals surface area contributed by atoms with Crippen LogP contribution in [0.15, 0.2) is 18.2 Å². The maximum Gasteiger partial charge on any atom is 0.348 e. The molecule has 138 valence electrons. The molecule has 1 aromatic carbocycles. The van der Waals surface area contributed by atoms with E-state index in [1.165, 1.54) is 21.3 Å². The second kappa shape index (κ2) is 7.87. The zero-order chi connectivity index (χ0) is 19.4. The zero-order valence-corrected chi connectivity index (χ0v) is 15.5. The maximum atomic E-state index is 12.7. The average molecular weight is 378 g/mol. The van der Waals surface area contributed by atoms with Gasteiger partial charge in [0.15, 0.2) is 11.5 Å². The van der Waals surface area contributed by atoms with Crippen molar-refractivity contribution in [3.63, 3.8) is 0 Å². The van der Waals surface area contributed by atoms with Crippen LogP contribution in [0.2, 0.25) is 0 Å². The van der Waals surface area contributed by atoms with Crippen molar-refractivity contribution in [2.45, 2.75) is 6.92 Å². The Hall–Kier alpha value is -3.07. The molecule has 0 saturated carbocycles. The molecular weight excluding hydrogens is 360 g/mol. The van der Waals surface area contributed by atoms with Gasteiger partial charge in [0.25, 0.3) is 11.8 Å². The van der Waals surface area contributed by atoms with Gasteiger partial charge in [-0.05, 0) is 24.6 Å². The quantitative estimate of drug-likeness (QED) is 0.744. The lowest BCUT2D eigenvalue weighted by Gasteiger charge is -2.12. The number of nitrogens with one attached hydrogen (secondary N) is 1. The molecule has 26 heavy (non-hydrogen) atoms. The minimum atomic E-state index is -0.762. The Morgan fingerprint density at radius 3 is 2.35 bits per heavy atom. The van der Waals surface area contributed by atoms with Gasteiger partial charge in [0.1, 0.15) is 9.88 Å². The topological polar surface area (TPSA) is 117 Å². The van der Waals surface area contributed by atoms with Crippen LogP contribution in [0.25, 0.3) is 0 Å². The summed E-state index contributed by atoms with van der Waals surface area (Å²) < 4.78 is 15.1. The third kappa shape index (κ3) is 3.47. The predicted octanol–water partition coefficient (Wildman–Crippen LogP) is 2.21. The van der Waals surface area contributed by atoms with Gasteiger partial charge in [-0.1, -0.05) is 6.07 Å². The number of hydrogen-bond acceptors (Lipinski definition) is 7. The van der Waals surface area contributed by atoms with Crippen LogP contribution in [0.1, 0.15) is 36.0 Å². The monoisotopic (exact) mass is 378 g/mol. The smallest absolute Gasteiger partial charge is 0.348 e. The van der Waals surface area contributed by atoms with Crippen molar-refractivity contribution >= 4 is 34.1 Å². The summed E-state index contributed by atoms with van der Waals surface area (Å²) in [5, 5.41) is 2.77. The summed E-state index contributed by atoms with van der Waals surface area (Å²) in [5.74, 6) is -1.29. The highest BCUT2D eigenvalue weighted by Gasteiger charge is 2.26. The number of nitrogens with two attached hydrogens (primary N) is 1. The molecular formula is C17H18N2O6S. The molecule has 2 aromatic rings. The molecule has 1 heterocycles. The van der Waals surface area contributed by atoms with E-state index in [0.29, 0.717) is 11.3 Å². The molecule has 0 aliphatic carbocycles. The molecule has 0 aliphatic rings. The van der Waals surface area contributed by atoms with Gasteiger partial charge in [-0.25, -0.2) is 4.79 Å². The maximum absolute atomic E-state index is 12.7. The standard InChI is InChI=1S/C17H18N2O6S/c1-8-11(14(18)20)16(26-13(8)17(22)25-4)19-15(21)9-6-5-7-10(23-2)12(9)24-3/h5-7H,1-4H3,(H2,18,20)(H,19,21). The number of hydrogen-bond donors (Lipinski definition) is 2. The molecule has 2 rings (SSSR count). The Bertz CT molecular complexity index is 874. The molecule has 9 heteroatoms. The molecule has 8 nitrogen and oxygen atoms in total. The molecule has 0 bridgehead atoms. The normalized spacial score (nSPS) is 10.2. The summed E-state index contributed by atoms with van der Waals surface area (Å²) in [7, 11) is 4.09. The van der Waals surface area contributed by atoms with Gasteiger partial charge in [-0.3, -0.25) is 9.59 Å². The van der Waals surface area contributed by atoms with E-state index in [0.717, 1.165) is 11.3 Å². The van der Waals surface area contributed by atoms with E-state index < -0.39 is 17.8 Å². The Balaban J connectivity index is 2.47. The number of methoxy groups -OCH3 is 3. The second-order valence-electron chi connectivity index (χ2n) is 5.11. The van der Waals surface area contributed by atoms with Crippen LogP contribution in [0.4, 0.5) is 5.00 Å². The number of primary amides is 1. The van der Waals surface area contributed by atoms with E-state index in [4.69, 9.17) is 19.9 Å². The number of anilines is 1. The Labute approximate surface area is 153 Å². The Morgan fingerprint density at radius 1 is 1.12 bits per heavy atom. The van der Waals surface area contributed by atoms with Crippen LogP contribution in [-0.4, -0.2) is 39.1 Å². The number of carbonyl (C=O) groups is 3. The number of carbonyl (C=O) groups excluding carboxylic acids is 3. The predicted molar refractivity (Wildman–Crippen MR) is 96.4 cm³/mol. The first-order valence-corrected chi connectivity index (χ1v) is 8.21. The van der Waals surface area contributed by atoms with Crippen molar-refractivity contribution in [1.29, 1.82) is 0 Å². The number of benzene rings is 1. The van der Waals surface area contributed by atoms with Crippen LogP contribution in [0.3, 0.4) is 0 Å². The first-order chi connectivity index (χ1) is 12.3. The largest absolute Gasteiger partial charge is 0.493 e. The summed E-state index contributed by atoms with van der Waals surface area (Å²) in [5.41, 5.74) is 6.02. The summed E-state index contributed by atoms with van der Waals surface area (Å²) >= 11 is 0.914. The number of esters is 1. The third-order valence-electron chi connectivity index (χ3n) is 3.64. The molecule has 0 atom stereocenters.